The van der Waals surface area contributed by atoms with Gasteiger partial charge in [0.1, 0.15) is 5.75 Å². The summed E-state index contributed by atoms with van der Waals surface area (Å²) in [5.41, 5.74) is 1.40. The number of methoxy groups -OCH3 is 1. The van der Waals surface area contributed by atoms with E-state index in [4.69, 9.17) is 4.74 Å². The largest absolute Gasteiger partial charge is 0.497 e. The van der Waals surface area contributed by atoms with Crippen LogP contribution >= 0.6 is 12.4 Å². The van der Waals surface area contributed by atoms with Crippen LogP contribution in [-0.2, 0) is 6.42 Å². The number of ether oxygens (including phenoxy) is 1. The molecule has 0 amide bonds. The van der Waals surface area contributed by atoms with Gasteiger partial charge in [-0.3, -0.25) is 0 Å². The molecule has 0 unspecified atom stereocenters. The SMILES string of the molecule is CCCN(C)CCc1cccc2ccc(OC)cc12.Cl. The van der Waals surface area contributed by atoms with Crippen LogP contribution in [0.3, 0.4) is 0 Å². The molecule has 110 valence electrons. The van der Waals surface area contributed by atoms with E-state index in [0.29, 0.717) is 0 Å². The average molecular weight is 294 g/mol. The summed E-state index contributed by atoms with van der Waals surface area (Å²) >= 11 is 0. The molecule has 2 aromatic rings. The minimum atomic E-state index is 0. The lowest BCUT2D eigenvalue weighted by molar-refractivity contribution is 0.339. The summed E-state index contributed by atoms with van der Waals surface area (Å²) in [5, 5.41) is 2.60. The van der Waals surface area contributed by atoms with Crippen molar-refractivity contribution in [2.45, 2.75) is 19.8 Å². The molecule has 2 rings (SSSR count). The highest BCUT2D eigenvalue weighted by molar-refractivity contribution is 5.87. The van der Waals surface area contributed by atoms with Crippen molar-refractivity contribution < 1.29 is 4.74 Å². The highest BCUT2D eigenvalue weighted by Gasteiger charge is 2.04. The Balaban J connectivity index is 0.00000200. The molecule has 3 heteroatoms. The maximum absolute atomic E-state index is 5.33. The first kappa shape index (κ1) is 16.8. The zero-order valence-corrected chi connectivity index (χ0v) is 13.4. The van der Waals surface area contributed by atoms with Crippen LogP contribution in [0.4, 0.5) is 0 Å². The lowest BCUT2D eigenvalue weighted by Gasteiger charge is -2.16. The van der Waals surface area contributed by atoms with Crippen molar-refractivity contribution in [3.8, 4) is 5.75 Å². The first-order valence-electron chi connectivity index (χ1n) is 6.98. The van der Waals surface area contributed by atoms with Crippen LogP contribution in [0.25, 0.3) is 10.8 Å². The maximum Gasteiger partial charge on any atom is 0.119 e. The van der Waals surface area contributed by atoms with Gasteiger partial charge >= 0.3 is 0 Å². The van der Waals surface area contributed by atoms with E-state index in [2.05, 4.69) is 49.2 Å². The Morgan fingerprint density at radius 3 is 2.60 bits per heavy atom. The van der Waals surface area contributed by atoms with E-state index in [9.17, 15) is 0 Å². The van der Waals surface area contributed by atoms with E-state index < -0.39 is 0 Å². The molecule has 0 spiro atoms. The predicted octanol–water partition coefficient (Wildman–Crippen LogP) is 4.15. The number of rotatable bonds is 6. The Labute approximate surface area is 128 Å². The molecular weight excluding hydrogens is 270 g/mol. The molecule has 2 nitrogen and oxygen atoms in total. The van der Waals surface area contributed by atoms with Crippen molar-refractivity contribution in [1.29, 1.82) is 0 Å². The molecule has 20 heavy (non-hydrogen) atoms. The summed E-state index contributed by atoms with van der Waals surface area (Å²) < 4.78 is 5.33. The standard InChI is InChI=1S/C17H23NO.ClH/c1-4-11-18(2)12-10-15-7-5-6-14-8-9-16(19-3)13-17(14)15;/h5-9,13H,4,10-12H2,1-3H3;1H. The zero-order chi connectivity index (χ0) is 13.7. The molecule has 0 heterocycles. The minimum Gasteiger partial charge on any atom is -0.497 e. The molecule has 0 saturated heterocycles. The minimum absolute atomic E-state index is 0. The Kier molecular flexibility index (Phi) is 6.83. The Hall–Kier alpha value is -1.25. The van der Waals surface area contributed by atoms with Crippen LogP contribution in [-0.4, -0.2) is 32.1 Å². The van der Waals surface area contributed by atoms with Gasteiger partial charge in [-0.25, -0.2) is 0 Å². The number of fused-ring (bicyclic) bond motifs is 1. The van der Waals surface area contributed by atoms with Crippen LogP contribution in [0.2, 0.25) is 0 Å². The second kappa shape index (κ2) is 8.13. The maximum atomic E-state index is 5.33. The van der Waals surface area contributed by atoms with Crippen molar-refractivity contribution in [2.75, 3.05) is 27.2 Å². The summed E-state index contributed by atoms with van der Waals surface area (Å²) in [6.07, 6.45) is 2.29. The van der Waals surface area contributed by atoms with Gasteiger partial charge in [0.15, 0.2) is 0 Å². The molecule has 0 aliphatic carbocycles. The normalized spacial score (nSPS) is 10.6. The van der Waals surface area contributed by atoms with Gasteiger partial charge in [0, 0.05) is 6.54 Å². The number of hydrogen-bond donors (Lipinski definition) is 0. The molecule has 0 bridgehead atoms. The van der Waals surface area contributed by atoms with Gasteiger partial charge in [-0.15, -0.1) is 12.4 Å². The topological polar surface area (TPSA) is 12.5 Å². The fourth-order valence-electron chi connectivity index (χ4n) is 2.47. The lowest BCUT2D eigenvalue weighted by atomic mass is 10.0. The fourth-order valence-corrected chi connectivity index (χ4v) is 2.47. The molecule has 0 aliphatic heterocycles. The zero-order valence-electron chi connectivity index (χ0n) is 12.6. The average Bonchev–Trinajstić information content (AvgIpc) is 2.44. The van der Waals surface area contributed by atoms with E-state index in [0.717, 1.165) is 25.3 Å². The van der Waals surface area contributed by atoms with E-state index in [1.807, 2.05) is 6.07 Å². The predicted molar refractivity (Wildman–Crippen MR) is 89.2 cm³/mol. The number of hydrogen-bond acceptors (Lipinski definition) is 2. The van der Waals surface area contributed by atoms with Crippen molar-refractivity contribution in [1.82, 2.24) is 4.90 Å². The van der Waals surface area contributed by atoms with E-state index in [1.165, 1.54) is 22.8 Å². The van der Waals surface area contributed by atoms with Crippen molar-refractivity contribution in [2.24, 2.45) is 0 Å². The van der Waals surface area contributed by atoms with Crippen LogP contribution in [0, 0.1) is 0 Å². The first-order chi connectivity index (χ1) is 9.24. The summed E-state index contributed by atoms with van der Waals surface area (Å²) in [5.74, 6) is 0.932. The molecule has 0 N–H and O–H groups in total. The molecule has 0 radical (unpaired) electrons. The van der Waals surface area contributed by atoms with Gasteiger partial charge in [-0.05, 0) is 54.9 Å². The fraction of sp³-hybridized carbons (Fsp3) is 0.412. The van der Waals surface area contributed by atoms with Crippen LogP contribution in [0.1, 0.15) is 18.9 Å². The molecule has 2 aromatic carbocycles. The second-order valence-electron chi connectivity index (χ2n) is 5.06. The van der Waals surface area contributed by atoms with Gasteiger partial charge in [0.05, 0.1) is 7.11 Å². The van der Waals surface area contributed by atoms with Gasteiger partial charge in [0.25, 0.3) is 0 Å². The second-order valence-corrected chi connectivity index (χ2v) is 5.06. The van der Waals surface area contributed by atoms with E-state index in [-0.39, 0.29) is 12.4 Å². The van der Waals surface area contributed by atoms with Gasteiger partial charge in [-0.1, -0.05) is 31.2 Å². The summed E-state index contributed by atoms with van der Waals surface area (Å²) in [6.45, 7) is 4.48. The number of likely N-dealkylation sites (N-methyl/N-ethyl adjacent to an activating group) is 1. The molecule has 0 aromatic heterocycles. The summed E-state index contributed by atoms with van der Waals surface area (Å²) in [7, 11) is 3.91. The summed E-state index contributed by atoms with van der Waals surface area (Å²) in [4.78, 5) is 2.39. The Morgan fingerprint density at radius 1 is 1.10 bits per heavy atom. The van der Waals surface area contributed by atoms with Crippen LogP contribution in [0.15, 0.2) is 36.4 Å². The number of benzene rings is 2. The van der Waals surface area contributed by atoms with Crippen LogP contribution in [0.5, 0.6) is 5.75 Å². The first-order valence-corrected chi connectivity index (χ1v) is 6.98. The van der Waals surface area contributed by atoms with Gasteiger partial charge in [0.2, 0.25) is 0 Å². The van der Waals surface area contributed by atoms with Crippen molar-refractivity contribution in [3.05, 3.63) is 42.0 Å². The highest BCUT2D eigenvalue weighted by Crippen LogP contribution is 2.24. The highest BCUT2D eigenvalue weighted by atomic mass is 35.5. The number of nitrogens with zero attached hydrogens (tertiary/aromatic N) is 1. The Bertz CT molecular complexity index is 542. The van der Waals surface area contributed by atoms with E-state index >= 15 is 0 Å². The monoisotopic (exact) mass is 293 g/mol. The third-order valence-electron chi connectivity index (χ3n) is 3.55. The lowest BCUT2D eigenvalue weighted by Crippen LogP contribution is -2.21. The molecule has 0 saturated carbocycles. The smallest absolute Gasteiger partial charge is 0.119 e. The summed E-state index contributed by atoms with van der Waals surface area (Å²) in [6, 6.07) is 12.8. The molecule has 0 aliphatic rings. The Morgan fingerprint density at radius 2 is 1.90 bits per heavy atom. The van der Waals surface area contributed by atoms with Gasteiger partial charge in [-0.2, -0.15) is 0 Å². The van der Waals surface area contributed by atoms with Gasteiger partial charge < -0.3 is 9.64 Å². The third kappa shape index (κ3) is 4.12. The quantitative estimate of drug-likeness (QED) is 0.793. The number of halogens is 1. The van der Waals surface area contributed by atoms with Crippen molar-refractivity contribution >= 4 is 23.2 Å². The van der Waals surface area contributed by atoms with E-state index in [1.54, 1.807) is 7.11 Å². The molecule has 0 fully saturated rings. The molecule has 0 atom stereocenters. The third-order valence-corrected chi connectivity index (χ3v) is 3.55. The van der Waals surface area contributed by atoms with Crippen molar-refractivity contribution in [3.63, 3.8) is 0 Å². The van der Waals surface area contributed by atoms with Crippen LogP contribution < -0.4 is 4.74 Å². The molecular formula is C17H24ClNO.